The highest BCUT2D eigenvalue weighted by Gasteiger charge is 2.34. The largest absolute Gasteiger partial charge is 0.418 e. The summed E-state index contributed by atoms with van der Waals surface area (Å²) < 4.78 is 44.6. The lowest BCUT2D eigenvalue weighted by Gasteiger charge is -2.15. The molecule has 0 bridgehead atoms. The summed E-state index contributed by atoms with van der Waals surface area (Å²) in [5.74, 6) is 1.94. The van der Waals surface area contributed by atoms with Crippen molar-refractivity contribution in [2.24, 2.45) is 0 Å². The third kappa shape index (κ3) is 4.23. The van der Waals surface area contributed by atoms with Crippen LogP contribution in [0.4, 0.5) is 36.3 Å². The molecule has 6 nitrogen and oxygen atoms in total. The first-order chi connectivity index (χ1) is 12.2. The number of hydrogen-bond acceptors (Lipinski definition) is 6. The number of rotatable bonds is 4. The Morgan fingerprint density at radius 2 is 1.65 bits per heavy atom. The zero-order valence-electron chi connectivity index (χ0n) is 13.6. The molecule has 2 heterocycles. The van der Waals surface area contributed by atoms with Gasteiger partial charge in [0.1, 0.15) is 23.2 Å². The summed E-state index contributed by atoms with van der Waals surface area (Å²) in [7, 11) is 0. The number of hydrogen-bond donors (Lipinski definition) is 2. The van der Waals surface area contributed by atoms with Gasteiger partial charge in [-0.2, -0.15) is 13.2 Å². The molecule has 0 radical (unpaired) electrons. The molecule has 0 aliphatic heterocycles. The summed E-state index contributed by atoms with van der Waals surface area (Å²) in [5.41, 5.74) is -1.05. The molecule has 10 heteroatoms. The fourth-order valence-electron chi connectivity index (χ4n) is 2.25. The van der Waals surface area contributed by atoms with E-state index in [1.165, 1.54) is 18.2 Å². The van der Waals surface area contributed by atoms with Crippen molar-refractivity contribution < 1.29 is 17.7 Å². The second kappa shape index (κ2) is 6.83. The molecule has 1 aromatic carbocycles. The van der Waals surface area contributed by atoms with Crippen LogP contribution in [0, 0.1) is 13.8 Å². The van der Waals surface area contributed by atoms with Crippen molar-refractivity contribution >= 4 is 34.7 Å². The van der Waals surface area contributed by atoms with Crippen molar-refractivity contribution in [3.8, 4) is 0 Å². The standard InChI is InChI=1S/C16H13ClF3N5O/c1-8-5-15(25-26-8)24-14-7-13(21-9(2)22-14)23-12-4-3-10(17)6-11(12)16(18,19)20/h3-7H,1-2H3,(H2,21,22,23,24,25). The van der Waals surface area contributed by atoms with Crippen LogP contribution in [0.15, 0.2) is 34.9 Å². The highest BCUT2D eigenvalue weighted by Crippen LogP contribution is 2.37. The van der Waals surface area contributed by atoms with Crippen LogP contribution < -0.4 is 10.6 Å². The molecule has 2 N–H and O–H groups in total. The highest BCUT2D eigenvalue weighted by molar-refractivity contribution is 6.30. The van der Waals surface area contributed by atoms with Crippen LogP contribution in [-0.4, -0.2) is 15.1 Å². The highest BCUT2D eigenvalue weighted by atomic mass is 35.5. The SMILES string of the molecule is Cc1nc(Nc2cc(C)on2)cc(Nc2ccc(Cl)cc2C(F)(F)F)n1. The molecule has 0 spiro atoms. The molecule has 3 aromatic rings. The van der Waals surface area contributed by atoms with Gasteiger partial charge in [-0.25, -0.2) is 9.97 Å². The predicted octanol–water partition coefficient (Wildman–Crippen LogP) is 5.24. The smallest absolute Gasteiger partial charge is 0.360 e. The molecule has 0 aliphatic carbocycles. The molecule has 136 valence electrons. The van der Waals surface area contributed by atoms with Gasteiger partial charge >= 0.3 is 6.18 Å². The van der Waals surface area contributed by atoms with Crippen molar-refractivity contribution in [3.05, 3.63) is 52.5 Å². The number of halogens is 4. The molecule has 0 fully saturated rings. The van der Waals surface area contributed by atoms with Gasteiger partial charge in [-0.1, -0.05) is 16.8 Å². The molecular formula is C16H13ClF3N5O. The summed E-state index contributed by atoms with van der Waals surface area (Å²) in [4.78, 5) is 8.29. The van der Waals surface area contributed by atoms with E-state index in [4.69, 9.17) is 16.1 Å². The van der Waals surface area contributed by atoms with Crippen LogP contribution in [-0.2, 0) is 6.18 Å². The minimum Gasteiger partial charge on any atom is -0.360 e. The van der Waals surface area contributed by atoms with E-state index in [-0.39, 0.29) is 16.5 Å². The first-order valence-corrected chi connectivity index (χ1v) is 7.78. The van der Waals surface area contributed by atoms with Gasteiger partial charge in [0.25, 0.3) is 0 Å². The van der Waals surface area contributed by atoms with E-state index in [9.17, 15) is 13.2 Å². The van der Waals surface area contributed by atoms with Crippen LogP contribution in [0.2, 0.25) is 5.02 Å². The van der Waals surface area contributed by atoms with Crippen molar-refractivity contribution in [2.75, 3.05) is 10.6 Å². The van der Waals surface area contributed by atoms with E-state index in [1.54, 1.807) is 19.9 Å². The number of aryl methyl sites for hydroxylation is 2. The fourth-order valence-corrected chi connectivity index (χ4v) is 2.42. The van der Waals surface area contributed by atoms with Gasteiger partial charge in [-0.3, -0.25) is 0 Å². The maximum atomic E-state index is 13.2. The predicted molar refractivity (Wildman–Crippen MR) is 91.0 cm³/mol. The second-order valence-corrected chi connectivity index (χ2v) is 5.88. The van der Waals surface area contributed by atoms with Crippen LogP contribution >= 0.6 is 11.6 Å². The number of nitrogens with one attached hydrogen (secondary N) is 2. The Morgan fingerprint density at radius 1 is 0.962 bits per heavy atom. The maximum Gasteiger partial charge on any atom is 0.418 e. The molecule has 26 heavy (non-hydrogen) atoms. The summed E-state index contributed by atoms with van der Waals surface area (Å²) in [6.07, 6.45) is -4.56. The summed E-state index contributed by atoms with van der Waals surface area (Å²) in [6.45, 7) is 3.35. The average molecular weight is 384 g/mol. The van der Waals surface area contributed by atoms with Gasteiger partial charge in [0.2, 0.25) is 0 Å². The minimum atomic E-state index is -4.56. The van der Waals surface area contributed by atoms with Gasteiger partial charge < -0.3 is 15.2 Å². The van der Waals surface area contributed by atoms with Crippen molar-refractivity contribution in [2.45, 2.75) is 20.0 Å². The van der Waals surface area contributed by atoms with E-state index in [1.807, 2.05) is 0 Å². The first-order valence-electron chi connectivity index (χ1n) is 7.40. The van der Waals surface area contributed by atoms with Gasteiger partial charge in [0.05, 0.1) is 11.3 Å². The van der Waals surface area contributed by atoms with Crippen molar-refractivity contribution in [1.82, 2.24) is 15.1 Å². The Hall–Kier alpha value is -2.81. The van der Waals surface area contributed by atoms with Gasteiger partial charge in [0, 0.05) is 17.2 Å². The molecule has 0 saturated heterocycles. The van der Waals surface area contributed by atoms with Gasteiger partial charge in [-0.05, 0) is 32.0 Å². The summed E-state index contributed by atoms with van der Waals surface area (Å²) in [5, 5.41) is 9.34. The van der Waals surface area contributed by atoms with Gasteiger partial charge in [-0.15, -0.1) is 0 Å². The van der Waals surface area contributed by atoms with E-state index < -0.39 is 11.7 Å². The molecule has 3 rings (SSSR count). The van der Waals surface area contributed by atoms with Crippen LogP contribution in [0.3, 0.4) is 0 Å². The number of aromatic nitrogens is 3. The molecule has 2 aromatic heterocycles. The minimum absolute atomic E-state index is 0.00880. The molecule has 0 amide bonds. The topological polar surface area (TPSA) is 75.9 Å². The lowest BCUT2D eigenvalue weighted by atomic mass is 10.1. The first kappa shape index (κ1) is 18.0. The third-order valence-electron chi connectivity index (χ3n) is 3.27. The summed E-state index contributed by atoms with van der Waals surface area (Å²) >= 11 is 5.69. The Kier molecular flexibility index (Phi) is 4.73. The van der Waals surface area contributed by atoms with E-state index in [2.05, 4.69) is 25.8 Å². The van der Waals surface area contributed by atoms with E-state index in [0.29, 0.717) is 23.2 Å². The van der Waals surface area contributed by atoms with Crippen LogP contribution in [0.5, 0.6) is 0 Å². The third-order valence-corrected chi connectivity index (χ3v) is 3.51. The Bertz CT molecular complexity index is 942. The lowest BCUT2D eigenvalue weighted by Crippen LogP contribution is -2.10. The van der Waals surface area contributed by atoms with E-state index in [0.717, 1.165) is 6.07 Å². The molecule has 0 atom stereocenters. The van der Waals surface area contributed by atoms with Crippen LogP contribution in [0.25, 0.3) is 0 Å². The van der Waals surface area contributed by atoms with Gasteiger partial charge in [0.15, 0.2) is 5.82 Å². The zero-order valence-corrected chi connectivity index (χ0v) is 14.4. The number of anilines is 4. The fraction of sp³-hybridized carbons (Fsp3) is 0.188. The van der Waals surface area contributed by atoms with E-state index >= 15 is 0 Å². The summed E-state index contributed by atoms with van der Waals surface area (Å²) in [6, 6.07) is 6.59. The Balaban J connectivity index is 1.91. The molecular weight excluding hydrogens is 371 g/mol. The molecule has 0 unspecified atom stereocenters. The maximum absolute atomic E-state index is 13.2. The monoisotopic (exact) mass is 383 g/mol. The zero-order chi connectivity index (χ0) is 18.9. The quantitative estimate of drug-likeness (QED) is 0.641. The Morgan fingerprint density at radius 3 is 2.27 bits per heavy atom. The van der Waals surface area contributed by atoms with Crippen molar-refractivity contribution in [1.29, 1.82) is 0 Å². The number of alkyl halides is 3. The Labute approximate surface area is 151 Å². The van der Waals surface area contributed by atoms with Crippen molar-refractivity contribution in [3.63, 3.8) is 0 Å². The molecule has 0 saturated carbocycles. The second-order valence-electron chi connectivity index (χ2n) is 5.45. The van der Waals surface area contributed by atoms with Crippen LogP contribution in [0.1, 0.15) is 17.1 Å². The average Bonchev–Trinajstić information content (AvgIpc) is 2.92. The molecule has 0 aliphatic rings. The number of benzene rings is 1. The lowest BCUT2D eigenvalue weighted by molar-refractivity contribution is -0.136. The number of nitrogens with zero attached hydrogens (tertiary/aromatic N) is 3. The normalized spacial score (nSPS) is 11.5.